The summed E-state index contributed by atoms with van der Waals surface area (Å²) >= 11 is 0. The van der Waals surface area contributed by atoms with Gasteiger partial charge in [-0.05, 0) is 19.2 Å². The van der Waals surface area contributed by atoms with E-state index in [4.69, 9.17) is 4.74 Å². The first kappa shape index (κ1) is 13.5. The van der Waals surface area contributed by atoms with E-state index in [1.807, 2.05) is 24.4 Å². The van der Waals surface area contributed by atoms with E-state index >= 15 is 0 Å². The maximum absolute atomic E-state index is 5.67. The zero-order valence-corrected chi connectivity index (χ0v) is 11.2. The van der Waals surface area contributed by atoms with Crippen LogP contribution in [0.4, 0.5) is 0 Å². The van der Waals surface area contributed by atoms with E-state index in [0.717, 1.165) is 31.9 Å². The van der Waals surface area contributed by atoms with Gasteiger partial charge in [-0.25, -0.2) is 0 Å². The zero-order valence-electron chi connectivity index (χ0n) is 11.2. The van der Waals surface area contributed by atoms with Crippen LogP contribution in [0.25, 0.3) is 0 Å². The Morgan fingerprint density at radius 1 is 1.17 bits per heavy atom. The molecule has 1 saturated heterocycles. The van der Waals surface area contributed by atoms with Crippen LogP contribution in [0, 0.1) is 0 Å². The van der Waals surface area contributed by atoms with Crippen molar-refractivity contribution in [2.45, 2.75) is 6.42 Å². The van der Waals surface area contributed by atoms with Gasteiger partial charge >= 0.3 is 0 Å². The molecule has 100 valence electrons. The summed E-state index contributed by atoms with van der Waals surface area (Å²) < 4.78 is 5.67. The van der Waals surface area contributed by atoms with Gasteiger partial charge in [0, 0.05) is 51.0 Å². The molecule has 1 aliphatic rings. The van der Waals surface area contributed by atoms with E-state index in [0.29, 0.717) is 0 Å². The Morgan fingerprint density at radius 3 is 2.72 bits per heavy atom. The number of ether oxygens (including phenoxy) is 1. The third kappa shape index (κ3) is 4.72. The summed E-state index contributed by atoms with van der Waals surface area (Å²) in [6, 6.07) is 6.01. The number of nitrogens with zero attached hydrogens (tertiary/aromatic N) is 3. The van der Waals surface area contributed by atoms with Gasteiger partial charge in [0.25, 0.3) is 0 Å². The van der Waals surface area contributed by atoms with Gasteiger partial charge < -0.3 is 9.64 Å². The molecule has 4 heteroatoms. The fourth-order valence-corrected chi connectivity index (χ4v) is 2.09. The monoisotopic (exact) mass is 249 g/mol. The van der Waals surface area contributed by atoms with Gasteiger partial charge in [0.2, 0.25) is 0 Å². The molecule has 1 aromatic rings. The summed E-state index contributed by atoms with van der Waals surface area (Å²) in [6.07, 6.45) is 2.74. The lowest BCUT2D eigenvalue weighted by Gasteiger charge is -2.32. The topological polar surface area (TPSA) is 28.6 Å². The molecule has 0 amide bonds. The lowest BCUT2D eigenvalue weighted by atomic mass is 10.3. The minimum atomic E-state index is 0.769. The summed E-state index contributed by atoms with van der Waals surface area (Å²) in [4.78, 5) is 9.13. The number of pyridine rings is 1. The Morgan fingerprint density at radius 2 is 2.00 bits per heavy atom. The number of hydrogen-bond acceptors (Lipinski definition) is 4. The molecule has 2 rings (SSSR count). The molecule has 0 bridgehead atoms. The van der Waals surface area contributed by atoms with Crippen LogP contribution in [0.3, 0.4) is 0 Å². The van der Waals surface area contributed by atoms with Crippen LogP contribution < -0.4 is 0 Å². The predicted octanol–water partition coefficient (Wildman–Crippen LogP) is 0.888. The van der Waals surface area contributed by atoms with E-state index in [9.17, 15) is 0 Å². The number of rotatable bonds is 6. The molecule has 0 saturated carbocycles. The van der Waals surface area contributed by atoms with Gasteiger partial charge in [0.15, 0.2) is 0 Å². The summed E-state index contributed by atoms with van der Waals surface area (Å²) in [7, 11) is 2.18. The molecule has 0 atom stereocenters. The highest BCUT2D eigenvalue weighted by atomic mass is 16.5. The Balaban J connectivity index is 1.51. The van der Waals surface area contributed by atoms with Gasteiger partial charge in [-0.3, -0.25) is 9.88 Å². The van der Waals surface area contributed by atoms with Crippen LogP contribution in [-0.4, -0.2) is 67.8 Å². The molecule has 4 nitrogen and oxygen atoms in total. The van der Waals surface area contributed by atoms with Gasteiger partial charge in [-0.1, -0.05) is 6.07 Å². The molecule has 2 heterocycles. The first-order valence-corrected chi connectivity index (χ1v) is 6.73. The van der Waals surface area contributed by atoms with E-state index in [2.05, 4.69) is 21.8 Å². The second kappa shape index (κ2) is 7.46. The van der Waals surface area contributed by atoms with Crippen LogP contribution >= 0.6 is 0 Å². The SMILES string of the molecule is CN1CCN(CCOCCc2ccccn2)CC1. The highest BCUT2D eigenvalue weighted by molar-refractivity contribution is 5.03. The van der Waals surface area contributed by atoms with Crippen molar-refractivity contribution in [2.75, 3.05) is 53.0 Å². The molecule has 0 unspecified atom stereocenters. The van der Waals surface area contributed by atoms with Gasteiger partial charge in [-0.15, -0.1) is 0 Å². The lowest BCUT2D eigenvalue weighted by Crippen LogP contribution is -2.45. The molecule has 1 aromatic heterocycles. The fourth-order valence-electron chi connectivity index (χ4n) is 2.09. The predicted molar refractivity (Wildman–Crippen MR) is 72.7 cm³/mol. The molecular formula is C14H23N3O. The maximum atomic E-state index is 5.67. The summed E-state index contributed by atoms with van der Waals surface area (Å²) in [6.45, 7) is 7.33. The summed E-state index contributed by atoms with van der Waals surface area (Å²) in [5, 5.41) is 0. The van der Waals surface area contributed by atoms with Crippen LogP contribution in [-0.2, 0) is 11.2 Å². The van der Waals surface area contributed by atoms with E-state index in [-0.39, 0.29) is 0 Å². The smallest absolute Gasteiger partial charge is 0.0593 e. The highest BCUT2D eigenvalue weighted by Crippen LogP contribution is 1.99. The second-order valence-corrected chi connectivity index (χ2v) is 4.83. The Labute approximate surface area is 110 Å². The molecule has 1 aliphatic heterocycles. The standard InChI is InChI=1S/C14H23N3O/c1-16-7-9-17(10-8-16)11-13-18-12-5-14-4-2-3-6-15-14/h2-4,6H,5,7-13H2,1H3. The van der Waals surface area contributed by atoms with Crippen molar-refractivity contribution in [3.8, 4) is 0 Å². The average molecular weight is 249 g/mol. The first-order valence-electron chi connectivity index (χ1n) is 6.73. The zero-order chi connectivity index (χ0) is 12.6. The van der Waals surface area contributed by atoms with Gasteiger partial charge in [0.05, 0.1) is 13.2 Å². The van der Waals surface area contributed by atoms with Crippen molar-refractivity contribution in [3.63, 3.8) is 0 Å². The third-order valence-corrected chi connectivity index (χ3v) is 3.38. The van der Waals surface area contributed by atoms with E-state index < -0.39 is 0 Å². The molecule has 0 spiro atoms. The van der Waals surface area contributed by atoms with E-state index in [1.165, 1.54) is 26.2 Å². The Bertz CT molecular complexity index is 323. The fraction of sp³-hybridized carbons (Fsp3) is 0.643. The highest BCUT2D eigenvalue weighted by Gasteiger charge is 2.12. The largest absolute Gasteiger partial charge is 0.380 e. The maximum Gasteiger partial charge on any atom is 0.0593 e. The first-order chi connectivity index (χ1) is 8.84. The Kier molecular flexibility index (Phi) is 5.58. The van der Waals surface area contributed by atoms with Crippen molar-refractivity contribution in [1.82, 2.24) is 14.8 Å². The van der Waals surface area contributed by atoms with Crippen molar-refractivity contribution in [3.05, 3.63) is 30.1 Å². The van der Waals surface area contributed by atoms with Crippen molar-refractivity contribution < 1.29 is 4.74 Å². The second-order valence-electron chi connectivity index (χ2n) is 4.83. The van der Waals surface area contributed by atoms with Crippen LogP contribution in [0.5, 0.6) is 0 Å². The van der Waals surface area contributed by atoms with E-state index in [1.54, 1.807) is 0 Å². The molecule has 0 aliphatic carbocycles. The number of likely N-dealkylation sites (N-methyl/N-ethyl adjacent to an activating group) is 1. The normalized spacial score (nSPS) is 18.1. The average Bonchev–Trinajstić information content (AvgIpc) is 2.42. The van der Waals surface area contributed by atoms with Crippen LogP contribution in [0.2, 0.25) is 0 Å². The molecule has 18 heavy (non-hydrogen) atoms. The molecule has 0 aromatic carbocycles. The molecule has 0 radical (unpaired) electrons. The van der Waals surface area contributed by atoms with Crippen molar-refractivity contribution in [2.24, 2.45) is 0 Å². The number of hydrogen-bond donors (Lipinski definition) is 0. The molecular weight excluding hydrogens is 226 g/mol. The summed E-state index contributed by atoms with van der Waals surface area (Å²) in [5.74, 6) is 0. The minimum absolute atomic E-state index is 0.769. The van der Waals surface area contributed by atoms with Gasteiger partial charge in [-0.2, -0.15) is 0 Å². The lowest BCUT2D eigenvalue weighted by molar-refractivity contribution is 0.0831. The Hall–Kier alpha value is -0.970. The quantitative estimate of drug-likeness (QED) is 0.700. The molecule has 1 fully saturated rings. The number of piperazine rings is 1. The van der Waals surface area contributed by atoms with Crippen LogP contribution in [0.1, 0.15) is 5.69 Å². The van der Waals surface area contributed by atoms with Crippen molar-refractivity contribution >= 4 is 0 Å². The molecule has 0 N–H and O–H groups in total. The number of aromatic nitrogens is 1. The van der Waals surface area contributed by atoms with Crippen molar-refractivity contribution in [1.29, 1.82) is 0 Å². The summed E-state index contributed by atoms with van der Waals surface area (Å²) in [5.41, 5.74) is 1.11. The van der Waals surface area contributed by atoms with Crippen LogP contribution in [0.15, 0.2) is 24.4 Å². The third-order valence-electron chi connectivity index (χ3n) is 3.38. The van der Waals surface area contributed by atoms with Gasteiger partial charge in [0.1, 0.15) is 0 Å². The minimum Gasteiger partial charge on any atom is -0.380 e.